The van der Waals surface area contributed by atoms with Crippen LogP contribution in [0.15, 0.2) is 0 Å². The van der Waals surface area contributed by atoms with Crippen LogP contribution < -0.4 is 5.73 Å². The van der Waals surface area contributed by atoms with Crippen LogP contribution in [0.4, 0.5) is 0 Å². The molecule has 22 heavy (non-hydrogen) atoms. The molecular weight excluding hydrogens is 274 g/mol. The Kier molecular flexibility index (Phi) is 4.97. The zero-order valence-electron chi connectivity index (χ0n) is 15.1. The van der Waals surface area contributed by atoms with Gasteiger partial charge in [-0.05, 0) is 67.1 Å². The predicted molar refractivity (Wildman–Crippen MR) is 90.5 cm³/mol. The van der Waals surface area contributed by atoms with Gasteiger partial charge in [-0.3, -0.25) is 4.79 Å². The van der Waals surface area contributed by atoms with E-state index in [0.29, 0.717) is 29.2 Å². The van der Waals surface area contributed by atoms with E-state index in [-0.39, 0.29) is 11.3 Å². The second-order valence-corrected chi connectivity index (χ2v) is 9.71. The molecule has 0 aromatic carbocycles. The molecule has 3 heteroatoms. The first-order chi connectivity index (χ1) is 10.0. The van der Waals surface area contributed by atoms with Crippen LogP contribution in [0.3, 0.4) is 0 Å². The highest BCUT2D eigenvalue weighted by Crippen LogP contribution is 2.50. The van der Waals surface area contributed by atoms with Crippen molar-refractivity contribution in [2.45, 2.75) is 79.2 Å². The minimum atomic E-state index is -0.603. The Morgan fingerprint density at radius 3 is 2.18 bits per heavy atom. The van der Waals surface area contributed by atoms with E-state index in [4.69, 9.17) is 5.73 Å². The summed E-state index contributed by atoms with van der Waals surface area (Å²) >= 11 is 0. The predicted octanol–water partition coefficient (Wildman–Crippen LogP) is 4.30. The molecule has 3 N–H and O–H groups in total. The minimum absolute atomic E-state index is 0.113. The molecule has 0 aromatic rings. The lowest BCUT2D eigenvalue weighted by Crippen LogP contribution is -2.33. The maximum atomic E-state index is 11.2. The topological polar surface area (TPSA) is 63.3 Å². The summed E-state index contributed by atoms with van der Waals surface area (Å²) in [6, 6.07) is 0.330. The molecular formula is C19H35NO2. The molecule has 0 bridgehead atoms. The van der Waals surface area contributed by atoms with Crippen LogP contribution in [-0.4, -0.2) is 17.1 Å². The van der Waals surface area contributed by atoms with Crippen molar-refractivity contribution in [3.63, 3.8) is 0 Å². The maximum absolute atomic E-state index is 11.2. The van der Waals surface area contributed by atoms with Gasteiger partial charge in [0.05, 0.1) is 5.92 Å². The largest absolute Gasteiger partial charge is 0.481 e. The molecule has 128 valence electrons. The first-order valence-electron chi connectivity index (χ1n) is 8.99. The SMILES string of the molecule is CC(C)(C)C1CC(CC(C)(C)C2CCC(C(=O)O)C2)CC1N. The summed E-state index contributed by atoms with van der Waals surface area (Å²) in [4.78, 5) is 11.2. The molecule has 0 saturated heterocycles. The highest BCUT2D eigenvalue weighted by Gasteiger charge is 2.44. The van der Waals surface area contributed by atoms with E-state index < -0.39 is 5.97 Å². The summed E-state index contributed by atoms with van der Waals surface area (Å²) in [7, 11) is 0. The van der Waals surface area contributed by atoms with Gasteiger partial charge in [-0.2, -0.15) is 0 Å². The van der Waals surface area contributed by atoms with Gasteiger partial charge >= 0.3 is 5.97 Å². The molecule has 2 aliphatic rings. The summed E-state index contributed by atoms with van der Waals surface area (Å²) in [6.07, 6.45) is 6.38. The Morgan fingerprint density at radius 1 is 1.09 bits per heavy atom. The number of hydrogen-bond donors (Lipinski definition) is 2. The molecule has 2 saturated carbocycles. The smallest absolute Gasteiger partial charge is 0.306 e. The van der Waals surface area contributed by atoms with Gasteiger partial charge < -0.3 is 10.8 Å². The molecule has 0 aliphatic heterocycles. The number of aliphatic carboxylic acids is 1. The Bertz CT molecular complexity index is 410. The number of carboxylic acids is 1. The van der Waals surface area contributed by atoms with Crippen molar-refractivity contribution in [1.82, 2.24) is 0 Å². The van der Waals surface area contributed by atoms with Crippen LogP contribution in [0.5, 0.6) is 0 Å². The lowest BCUT2D eigenvalue weighted by Gasteiger charge is -2.35. The van der Waals surface area contributed by atoms with E-state index in [0.717, 1.165) is 25.7 Å². The molecule has 2 rings (SSSR count). The lowest BCUT2D eigenvalue weighted by atomic mass is 9.70. The third-order valence-electron chi connectivity index (χ3n) is 6.52. The third-order valence-corrected chi connectivity index (χ3v) is 6.52. The first kappa shape index (κ1) is 17.8. The van der Waals surface area contributed by atoms with E-state index in [1.807, 2.05) is 0 Å². The van der Waals surface area contributed by atoms with Gasteiger partial charge in [0.1, 0.15) is 0 Å². The van der Waals surface area contributed by atoms with Crippen molar-refractivity contribution < 1.29 is 9.90 Å². The Labute approximate surface area is 136 Å². The first-order valence-corrected chi connectivity index (χ1v) is 8.99. The Balaban J connectivity index is 1.94. The van der Waals surface area contributed by atoms with Crippen LogP contribution >= 0.6 is 0 Å². The zero-order chi connectivity index (χ0) is 16.7. The van der Waals surface area contributed by atoms with Gasteiger partial charge in [-0.15, -0.1) is 0 Å². The van der Waals surface area contributed by atoms with Crippen molar-refractivity contribution in [1.29, 1.82) is 0 Å². The zero-order valence-corrected chi connectivity index (χ0v) is 15.1. The van der Waals surface area contributed by atoms with E-state index >= 15 is 0 Å². The fourth-order valence-electron chi connectivity index (χ4n) is 5.17. The van der Waals surface area contributed by atoms with Crippen LogP contribution in [-0.2, 0) is 4.79 Å². The molecule has 0 spiro atoms. The minimum Gasteiger partial charge on any atom is -0.481 e. The standard InChI is InChI=1S/C19H35NO2/c1-18(2,3)15-8-12(9-16(15)20)11-19(4,5)14-7-6-13(10-14)17(21)22/h12-16H,6-11,20H2,1-5H3,(H,21,22). The Morgan fingerprint density at radius 2 is 1.73 bits per heavy atom. The summed E-state index contributed by atoms with van der Waals surface area (Å²) in [5, 5.41) is 9.22. The van der Waals surface area contributed by atoms with Gasteiger partial charge in [0.25, 0.3) is 0 Å². The molecule has 3 nitrogen and oxygen atoms in total. The van der Waals surface area contributed by atoms with E-state index in [2.05, 4.69) is 34.6 Å². The van der Waals surface area contributed by atoms with Gasteiger partial charge in [-0.1, -0.05) is 34.6 Å². The fraction of sp³-hybridized carbons (Fsp3) is 0.947. The molecule has 0 heterocycles. The van der Waals surface area contributed by atoms with Crippen molar-refractivity contribution >= 4 is 5.97 Å². The van der Waals surface area contributed by atoms with Crippen LogP contribution in [0.25, 0.3) is 0 Å². The normalized spacial score (nSPS) is 36.7. The number of hydrogen-bond acceptors (Lipinski definition) is 2. The maximum Gasteiger partial charge on any atom is 0.306 e. The van der Waals surface area contributed by atoms with Gasteiger partial charge in [-0.25, -0.2) is 0 Å². The summed E-state index contributed by atoms with van der Waals surface area (Å²) in [5.41, 5.74) is 6.94. The van der Waals surface area contributed by atoms with Crippen LogP contribution in [0.1, 0.15) is 73.1 Å². The van der Waals surface area contributed by atoms with E-state index in [9.17, 15) is 9.90 Å². The summed E-state index contributed by atoms with van der Waals surface area (Å²) < 4.78 is 0. The second-order valence-electron chi connectivity index (χ2n) is 9.71. The van der Waals surface area contributed by atoms with E-state index in [1.165, 1.54) is 12.8 Å². The molecule has 2 aliphatic carbocycles. The molecule has 2 fully saturated rings. The molecule has 0 aromatic heterocycles. The monoisotopic (exact) mass is 309 g/mol. The van der Waals surface area contributed by atoms with Crippen LogP contribution in [0, 0.1) is 34.5 Å². The molecule has 5 unspecified atom stereocenters. The average Bonchev–Trinajstić information content (AvgIpc) is 2.94. The summed E-state index contributed by atoms with van der Waals surface area (Å²) in [5.74, 6) is 1.16. The number of nitrogens with two attached hydrogens (primary N) is 1. The number of carbonyl (C=O) groups is 1. The van der Waals surface area contributed by atoms with Gasteiger partial charge in [0.2, 0.25) is 0 Å². The number of carboxylic acid groups (broad SMARTS) is 1. The average molecular weight is 309 g/mol. The summed E-state index contributed by atoms with van der Waals surface area (Å²) in [6.45, 7) is 11.6. The fourth-order valence-corrected chi connectivity index (χ4v) is 5.17. The molecule has 0 radical (unpaired) electrons. The van der Waals surface area contributed by atoms with Gasteiger partial charge in [0.15, 0.2) is 0 Å². The van der Waals surface area contributed by atoms with Crippen LogP contribution in [0.2, 0.25) is 0 Å². The third kappa shape index (κ3) is 3.84. The van der Waals surface area contributed by atoms with Gasteiger partial charge in [0, 0.05) is 6.04 Å². The number of rotatable bonds is 4. The van der Waals surface area contributed by atoms with E-state index in [1.54, 1.807) is 0 Å². The molecule has 0 amide bonds. The lowest BCUT2D eigenvalue weighted by molar-refractivity contribution is -0.141. The highest BCUT2D eigenvalue weighted by molar-refractivity contribution is 5.70. The van der Waals surface area contributed by atoms with Crippen molar-refractivity contribution in [3.05, 3.63) is 0 Å². The molecule has 5 atom stereocenters. The second kappa shape index (κ2) is 6.14. The van der Waals surface area contributed by atoms with Crippen molar-refractivity contribution in [2.75, 3.05) is 0 Å². The quantitative estimate of drug-likeness (QED) is 0.813. The highest BCUT2D eigenvalue weighted by atomic mass is 16.4. The van der Waals surface area contributed by atoms with Crippen molar-refractivity contribution in [3.8, 4) is 0 Å². The van der Waals surface area contributed by atoms with Crippen molar-refractivity contribution in [2.24, 2.45) is 40.2 Å². The Hall–Kier alpha value is -0.570.